The molecule has 8 heteroatoms. The number of anilines is 3. The van der Waals surface area contributed by atoms with E-state index in [-0.39, 0.29) is 22.3 Å². The van der Waals surface area contributed by atoms with E-state index in [0.717, 1.165) is 0 Å². The van der Waals surface area contributed by atoms with E-state index in [1.54, 1.807) is 6.07 Å². The number of nitrogen functional groups attached to an aromatic ring is 1. The van der Waals surface area contributed by atoms with Gasteiger partial charge in [-0.05, 0) is 48.6 Å². The van der Waals surface area contributed by atoms with Crippen molar-refractivity contribution in [2.75, 3.05) is 16.4 Å². The topological polar surface area (TPSA) is 93.2 Å². The fourth-order valence-electron chi connectivity index (χ4n) is 1.61. The zero-order chi connectivity index (χ0) is 15.4. The van der Waals surface area contributed by atoms with Gasteiger partial charge >= 0.3 is 0 Å². The number of benzene rings is 2. The van der Waals surface area contributed by atoms with Gasteiger partial charge in [0.2, 0.25) is 0 Å². The van der Waals surface area contributed by atoms with Gasteiger partial charge in [0.15, 0.2) is 5.11 Å². The molecule has 2 rings (SSSR count). The van der Waals surface area contributed by atoms with Crippen LogP contribution in [-0.2, 0) is 0 Å². The monoisotopic (exact) mass is 306 g/mol. The number of hydrogen-bond acceptors (Lipinski definition) is 4. The van der Waals surface area contributed by atoms with Gasteiger partial charge in [-0.1, -0.05) is 0 Å². The van der Waals surface area contributed by atoms with Gasteiger partial charge in [-0.3, -0.25) is 10.1 Å². The van der Waals surface area contributed by atoms with Crippen LogP contribution in [-0.4, -0.2) is 10.0 Å². The third kappa shape index (κ3) is 3.86. The molecule has 0 saturated heterocycles. The number of nitrogens with one attached hydrogen (secondary N) is 2. The lowest BCUT2D eigenvalue weighted by Crippen LogP contribution is -2.19. The van der Waals surface area contributed by atoms with Crippen LogP contribution >= 0.6 is 12.2 Å². The van der Waals surface area contributed by atoms with Gasteiger partial charge in [-0.2, -0.15) is 0 Å². The Hall–Kier alpha value is -2.74. The first kappa shape index (κ1) is 14.7. The van der Waals surface area contributed by atoms with E-state index < -0.39 is 4.92 Å². The normalized spacial score (nSPS) is 9.95. The Morgan fingerprint density at radius 1 is 1.14 bits per heavy atom. The standard InChI is InChI=1S/C13H11FN4O2S/c14-8-1-3-9(4-2-8)16-13(21)17-10-5-6-11(15)12(7-10)18(19)20/h1-7H,15H2,(H2,16,17,21). The highest BCUT2D eigenvalue weighted by atomic mass is 32.1. The molecule has 0 radical (unpaired) electrons. The molecular weight excluding hydrogens is 295 g/mol. The van der Waals surface area contributed by atoms with Crippen molar-refractivity contribution < 1.29 is 9.31 Å². The first-order chi connectivity index (χ1) is 9.95. The van der Waals surface area contributed by atoms with Crippen LogP contribution in [0.1, 0.15) is 0 Å². The summed E-state index contributed by atoms with van der Waals surface area (Å²) >= 11 is 5.08. The molecule has 0 aliphatic heterocycles. The molecule has 0 atom stereocenters. The third-order valence-electron chi connectivity index (χ3n) is 2.59. The summed E-state index contributed by atoms with van der Waals surface area (Å²) < 4.78 is 12.8. The molecule has 0 fully saturated rings. The number of nitrogens with two attached hydrogens (primary N) is 1. The summed E-state index contributed by atoms with van der Waals surface area (Å²) in [6, 6.07) is 9.90. The Kier molecular flexibility index (Phi) is 4.29. The molecule has 4 N–H and O–H groups in total. The Labute approximate surface area is 124 Å². The molecule has 2 aromatic rings. The molecule has 0 amide bonds. The minimum absolute atomic E-state index is 0.0722. The van der Waals surface area contributed by atoms with Crippen molar-refractivity contribution in [3.63, 3.8) is 0 Å². The van der Waals surface area contributed by atoms with Crippen molar-refractivity contribution in [2.24, 2.45) is 0 Å². The van der Waals surface area contributed by atoms with Crippen LogP contribution in [0.4, 0.5) is 27.1 Å². The first-order valence-corrected chi connectivity index (χ1v) is 6.24. The second-order valence-corrected chi connectivity index (χ2v) is 4.52. The summed E-state index contributed by atoms with van der Waals surface area (Å²) in [6.45, 7) is 0. The Morgan fingerprint density at radius 3 is 2.33 bits per heavy atom. The number of nitro benzene ring substituents is 1. The highest BCUT2D eigenvalue weighted by Gasteiger charge is 2.12. The average molecular weight is 306 g/mol. The molecule has 0 spiro atoms. The molecule has 21 heavy (non-hydrogen) atoms. The predicted octanol–water partition coefficient (Wildman–Crippen LogP) is 3.13. The van der Waals surface area contributed by atoms with E-state index >= 15 is 0 Å². The fourth-order valence-corrected chi connectivity index (χ4v) is 1.84. The lowest BCUT2D eigenvalue weighted by Gasteiger charge is -2.10. The van der Waals surface area contributed by atoms with Crippen molar-refractivity contribution in [3.05, 3.63) is 58.4 Å². The van der Waals surface area contributed by atoms with Crippen LogP contribution in [0.3, 0.4) is 0 Å². The van der Waals surface area contributed by atoms with Crippen LogP contribution in [0.5, 0.6) is 0 Å². The zero-order valence-electron chi connectivity index (χ0n) is 10.7. The number of hydrogen-bond donors (Lipinski definition) is 3. The second kappa shape index (κ2) is 6.14. The van der Waals surface area contributed by atoms with Gasteiger partial charge in [0.05, 0.1) is 4.92 Å². The molecule has 108 valence electrons. The van der Waals surface area contributed by atoms with Crippen molar-refractivity contribution in [3.8, 4) is 0 Å². The van der Waals surface area contributed by atoms with Gasteiger partial charge < -0.3 is 16.4 Å². The van der Waals surface area contributed by atoms with Gasteiger partial charge in [0.25, 0.3) is 5.69 Å². The van der Waals surface area contributed by atoms with Crippen LogP contribution in [0.2, 0.25) is 0 Å². The number of nitrogens with zero attached hydrogens (tertiary/aromatic N) is 1. The number of nitro groups is 1. The smallest absolute Gasteiger partial charge is 0.294 e. The molecule has 0 saturated carbocycles. The predicted molar refractivity (Wildman–Crippen MR) is 83.8 cm³/mol. The second-order valence-electron chi connectivity index (χ2n) is 4.12. The van der Waals surface area contributed by atoms with Gasteiger partial charge in [-0.15, -0.1) is 0 Å². The summed E-state index contributed by atoms with van der Waals surface area (Å²) in [4.78, 5) is 10.2. The maximum absolute atomic E-state index is 12.8. The molecule has 0 unspecified atom stereocenters. The number of thiocarbonyl (C=S) groups is 1. The Morgan fingerprint density at radius 2 is 1.71 bits per heavy atom. The van der Waals surface area contributed by atoms with Crippen LogP contribution in [0, 0.1) is 15.9 Å². The Balaban J connectivity index is 2.07. The van der Waals surface area contributed by atoms with E-state index in [1.807, 2.05) is 0 Å². The molecule has 0 aromatic heterocycles. The van der Waals surface area contributed by atoms with E-state index in [0.29, 0.717) is 11.4 Å². The minimum atomic E-state index is -0.572. The van der Waals surface area contributed by atoms with E-state index in [9.17, 15) is 14.5 Å². The van der Waals surface area contributed by atoms with Gasteiger partial charge in [0.1, 0.15) is 11.5 Å². The Bertz CT molecular complexity index is 691. The van der Waals surface area contributed by atoms with Gasteiger partial charge in [0, 0.05) is 17.4 Å². The van der Waals surface area contributed by atoms with Crippen molar-refractivity contribution in [1.29, 1.82) is 0 Å². The summed E-state index contributed by atoms with van der Waals surface area (Å²) in [7, 11) is 0. The van der Waals surface area contributed by atoms with Gasteiger partial charge in [-0.25, -0.2) is 4.39 Å². The average Bonchev–Trinajstić information content (AvgIpc) is 2.43. The summed E-state index contributed by atoms with van der Waals surface area (Å²) in [6.07, 6.45) is 0. The molecule has 2 aromatic carbocycles. The highest BCUT2D eigenvalue weighted by Crippen LogP contribution is 2.25. The summed E-state index contributed by atoms with van der Waals surface area (Å²) in [5.74, 6) is -0.353. The lowest BCUT2D eigenvalue weighted by molar-refractivity contribution is -0.383. The van der Waals surface area contributed by atoms with Crippen LogP contribution in [0.15, 0.2) is 42.5 Å². The molecule has 0 bridgehead atoms. The molecule has 6 nitrogen and oxygen atoms in total. The van der Waals surface area contributed by atoms with E-state index in [4.69, 9.17) is 18.0 Å². The van der Waals surface area contributed by atoms with E-state index in [1.165, 1.54) is 36.4 Å². The largest absolute Gasteiger partial charge is 0.393 e. The first-order valence-electron chi connectivity index (χ1n) is 5.83. The van der Waals surface area contributed by atoms with Crippen molar-refractivity contribution in [1.82, 2.24) is 0 Å². The summed E-state index contributed by atoms with van der Waals surface area (Å²) in [5, 5.41) is 16.6. The molecule has 0 aliphatic rings. The highest BCUT2D eigenvalue weighted by molar-refractivity contribution is 7.80. The maximum atomic E-state index is 12.8. The SMILES string of the molecule is Nc1ccc(NC(=S)Nc2ccc(F)cc2)cc1[N+](=O)[O-]. The van der Waals surface area contributed by atoms with E-state index in [2.05, 4.69) is 10.6 Å². The maximum Gasteiger partial charge on any atom is 0.294 e. The van der Waals surface area contributed by atoms with Crippen molar-refractivity contribution >= 4 is 40.1 Å². The molecular formula is C13H11FN4O2S. The van der Waals surface area contributed by atoms with Crippen molar-refractivity contribution in [2.45, 2.75) is 0 Å². The third-order valence-corrected chi connectivity index (χ3v) is 2.79. The molecule has 0 heterocycles. The summed E-state index contributed by atoms with van der Waals surface area (Å²) in [5.41, 5.74) is 6.40. The minimum Gasteiger partial charge on any atom is -0.393 e. The van der Waals surface area contributed by atoms with Crippen LogP contribution < -0.4 is 16.4 Å². The lowest BCUT2D eigenvalue weighted by atomic mass is 10.2. The zero-order valence-corrected chi connectivity index (χ0v) is 11.5. The quantitative estimate of drug-likeness (QED) is 0.349. The van der Waals surface area contributed by atoms with Crippen LogP contribution in [0.25, 0.3) is 0 Å². The fraction of sp³-hybridized carbons (Fsp3) is 0. The molecule has 0 aliphatic carbocycles. The number of halogens is 1. The number of rotatable bonds is 3.